The Balaban J connectivity index is 1.89. The van der Waals surface area contributed by atoms with Crippen molar-refractivity contribution in [2.75, 3.05) is 0 Å². The van der Waals surface area contributed by atoms with Crippen molar-refractivity contribution in [3.8, 4) is 6.07 Å². The molecule has 0 saturated heterocycles. The van der Waals surface area contributed by atoms with Gasteiger partial charge in [0.1, 0.15) is 6.07 Å². The zero-order chi connectivity index (χ0) is 27.1. The van der Waals surface area contributed by atoms with E-state index in [1.54, 1.807) is 25.1 Å². The molecule has 0 spiro atoms. The van der Waals surface area contributed by atoms with Gasteiger partial charge in [0.05, 0.1) is 34.5 Å². The molecule has 2 aromatic carbocycles. The van der Waals surface area contributed by atoms with E-state index in [0.29, 0.717) is 31.2 Å². The number of rotatable bonds is 5. The van der Waals surface area contributed by atoms with Gasteiger partial charge in [-0.2, -0.15) is 18.4 Å². The molecule has 1 aliphatic rings. The summed E-state index contributed by atoms with van der Waals surface area (Å²) in [7, 11) is 0. The first kappa shape index (κ1) is 25.9. The Hall–Kier alpha value is -4.13. The minimum atomic E-state index is -4.76. The highest BCUT2D eigenvalue weighted by Crippen LogP contribution is 2.35. The second-order valence-electron chi connectivity index (χ2n) is 9.31. The van der Waals surface area contributed by atoms with Crippen LogP contribution in [-0.2, 0) is 17.5 Å². The molecule has 0 atom stereocenters. The maximum Gasteiger partial charge on any atom is 0.417 e. The van der Waals surface area contributed by atoms with Crippen LogP contribution < -0.4 is 11.2 Å². The van der Waals surface area contributed by atoms with Crippen LogP contribution in [0.15, 0.2) is 52.6 Å². The lowest BCUT2D eigenvalue weighted by Crippen LogP contribution is -2.41. The third kappa shape index (κ3) is 4.69. The molecule has 0 amide bonds. The molecule has 4 rings (SSSR count). The van der Waals surface area contributed by atoms with Crippen LogP contribution in [0.3, 0.4) is 0 Å². The van der Waals surface area contributed by atoms with Crippen molar-refractivity contribution in [2.45, 2.75) is 45.3 Å². The number of aliphatic carboxylic acids is 1. The van der Waals surface area contributed by atoms with Crippen molar-refractivity contribution >= 4 is 22.6 Å². The Labute approximate surface area is 209 Å². The Morgan fingerprint density at radius 1 is 1.11 bits per heavy atom. The monoisotopic (exact) mass is 511 g/mol. The minimum absolute atomic E-state index is 0.0139. The molecule has 1 aromatic heterocycles. The standard InChI is InChI=1S/C27H24F3N3O4/c1-15-5-3-8-22-23(15)24(34)33(16(2)17-9-11-18(12-10-17)25(35)36)26(37)32(22)14-19-6-4-7-21(20(19)13-31)27(28,29)30/h3-8,17-18H,2,9-12,14H2,1H3,(H,35,36). The van der Waals surface area contributed by atoms with E-state index in [-0.39, 0.29) is 34.6 Å². The lowest BCUT2D eigenvalue weighted by molar-refractivity contribution is -0.143. The summed E-state index contributed by atoms with van der Waals surface area (Å²) in [5, 5.41) is 19.0. The molecule has 1 heterocycles. The fraction of sp³-hybridized carbons (Fsp3) is 0.333. The molecule has 0 bridgehead atoms. The first-order chi connectivity index (χ1) is 17.5. The molecule has 10 heteroatoms. The number of hydrogen-bond acceptors (Lipinski definition) is 4. The number of aromatic nitrogens is 2. The Morgan fingerprint density at radius 3 is 2.32 bits per heavy atom. The highest BCUT2D eigenvalue weighted by atomic mass is 19.4. The molecule has 1 N–H and O–H groups in total. The second kappa shape index (κ2) is 9.73. The zero-order valence-corrected chi connectivity index (χ0v) is 20.0. The van der Waals surface area contributed by atoms with Crippen LogP contribution in [0.2, 0.25) is 0 Å². The Bertz CT molecular complexity index is 1570. The Kier molecular flexibility index (Phi) is 6.82. The van der Waals surface area contributed by atoms with Gasteiger partial charge >= 0.3 is 17.8 Å². The van der Waals surface area contributed by atoms with Crippen LogP contribution in [-0.4, -0.2) is 20.2 Å². The number of nitrogens with zero attached hydrogens (tertiary/aromatic N) is 3. The molecule has 1 fully saturated rings. The summed E-state index contributed by atoms with van der Waals surface area (Å²) >= 11 is 0. The number of benzene rings is 2. The molecular formula is C27H24F3N3O4. The van der Waals surface area contributed by atoms with Crippen LogP contribution in [0.4, 0.5) is 13.2 Å². The number of nitriles is 1. The third-order valence-electron chi connectivity index (χ3n) is 7.11. The van der Waals surface area contributed by atoms with Gasteiger partial charge in [0.15, 0.2) is 0 Å². The molecule has 37 heavy (non-hydrogen) atoms. The number of fused-ring (bicyclic) bond motifs is 1. The number of aryl methyl sites for hydroxylation is 1. The number of carboxylic acid groups (broad SMARTS) is 1. The smallest absolute Gasteiger partial charge is 0.417 e. The predicted octanol–water partition coefficient (Wildman–Crippen LogP) is 4.77. The van der Waals surface area contributed by atoms with Crippen LogP contribution in [0.5, 0.6) is 0 Å². The first-order valence-electron chi connectivity index (χ1n) is 11.7. The maximum atomic E-state index is 13.7. The van der Waals surface area contributed by atoms with E-state index in [9.17, 15) is 37.9 Å². The van der Waals surface area contributed by atoms with Crippen molar-refractivity contribution in [3.05, 3.63) is 86.1 Å². The lowest BCUT2D eigenvalue weighted by Gasteiger charge is -2.28. The topological polar surface area (TPSA) is 105 Å². The van der Waals surface area contributed by atoms with Crippen molar-refractivity contribution in [3.63, 3.8) is 0 Å². The largest absolute Gasteiger partial charge is 0.481 e. The fourth-order valence-corrected chi connectivity index (χ4v) is 5.11. The summed E-state index contributed by atoms with van der Waals surface area (Å²) in [4.78, 5) is 38.6. The number of carbonyl (C=O) groups is 1. The number of halogens is 3. The van der Waals surface area contributed by atoms with E-state index < -0.39 is 40.4 Å². The minimum Gasteiger partial charge on any atom is -0.481 e. The molecule has 192 valence electrons. The first-order valence-corrected chi connectivity index (χ1v) is 11.7. The van der Waals surface area contributed by atoms with Crippen molar-refractivity contribution < 1.29 is 23.1 Å². The summed E-state index contributed by atoms with van der Waals surface area (Å²) in [6.45, 7) is 5.33. The summed E-state index contributed by atoms with van der Waals surface area (Å²) in [5.74, 6) is -1.69. The molecule has 1 aliphatic carbocycles. The maximum absolute atomic E-state index is 13.7. The average molecular weight is 512 g/mol. The summed E-state index contributed by atoms with van der Waals surface area (Å²) in [5.41, 5.74) is -2.06. The fourth-order valence-electron chi connectivity index (χ4n) is 5.11. The van der Waals surface area contributed by atoms with E-state index in [1.807, 2.05) is 0 Å². The molecule has 0 radical (unpaired) electrons. The van der Waals surface area contributed by atoms with Crippen LogP contribution in [0.25, 0.3) is 16.6 Å². The van der Waals surface area contributed by atoms with Gasteiger partial charge in [0, 0.05) is 5.70 Å². The van der Waals surface area contributed by atoms with E-state index in [1.165, 1.54) is 22.8 Å². The number of allylic oxidation sites excluding steroid dienone is 1. The number of hydrogen-bond donors (Lipinski definition) is 1. The van der Waals surface area contributed by atoms with E-state index in [4.69, 9.17) is 0 Å². The SMILES string of the molecule is C=C(C1CCC(C(=O)O)CC1)n1c(=O)c2c(C)cccc2n(Cc2cccc(C(F)(F)F)c2C#N)c1=O. The van der Waals surface area contributed by atoms with Crippen LogP contribution in [0, 0.1) is 30.1 Å². The van der Waals surface area contributed by atoms with Gasteiger partial charge in [0.25, 0.3) is 5.56 Å². The quantitative estimate of drug-likeness (QED) is 0.531. The van der Waals surface area contributed by atoms with Gasteiger partial charge in [-0.05, 0) is 61.8 Å². The summed E-state index contributed by atoms with van der Waals surface area (Å²) < 4.78 is 42.7. The van der Waals surface area contributed by atoms with E-state index in [2.05, 4.69) is 6.58 Å². The van der Waals surface area contributed by atoms with Gasteiger partial charge in [-0.25, -0.2) is 9.36 Å². The summed E-state index contributed by atoms with van der Waals surface area (Å²) in [6.07, 6.45) is -3.14. The highest BCUT2D eigenvalue weighted by Gasteiger charge is 2.35. The molecule has 3 aromatic rings. The van der Waals surface area contributed by atoms with Gasteiger partial charge in [-0.3, -0.25) is 14.2 Å². The lowest BCUT2D eigenvalue weighted by atomic mass is 9.80. The van der Waals surface area contributed by atoms with Crippen LogP contribution in [0.1, 0.15) is 47.9 Å². The van der Waals surface area contributed by atoms with Gasteiger partial charge < -0.3 is 5.11 Å². The van der Waals surface area contributed by atoms with Crippen molar-refractivity contribution in [1.82, 2.24) is 9.13 Å². The predicted molar refractivity (Wildman–Crippen MR) is 131 cm³/mol. The average Bonchev–Trinajstić information content (AvgIpc) is 2.85. The second-order valence-corrected chi connectivity index (χ2v) is 9.31. The molecule has 0 unspecified atom stereocenters. The molecular weight excluding hydrogens is 487 g/mol. The van der Waals surface area contributed by atoms with Crippen LogP contribution >= 0.6 is 0 Å². The van der Waals surface area contributed by atoms with E-state index >= 15 is 0 Å². The normalized spacial score (nSPS) is 17.9. The number of alkyl halides is 3. The third-order valence-corrected chi connectivity index (χ3v) is 7.11. The number of carboxylic acids is 1. The molecule has 7 nitrogen and oxygen atoms in total. The van der Waals surface area contributed by atoms with Gasteiger partial charge in [-0.1, -0.05) is 30.8 Å². The Morgan fingerprint density at radius 2 is 1.73 bits per heavy atom. The van der Waals surface area contributed by atoms with Gasteiger partial charge in [-0.15, -0.1) is 0 Å². The zero-order valence-electron chi connectivity index (χ0n) is 20.0. The van der Waals surface area contributed by atoms with E-state index in [0.717, 1.165) is 10.6 Å². The van der Waals surface area contributed by atoms with Gasteiger partial charge in [0.2, 0.25) is 0 Å². The van der Waals surface area contributed by atoms with Crippen molar-refractivity contribution in [2.24, 2.45) is 11.8 Å². The molecule has 0 aliphatic heterocycles. The highest BCUT2D eigenvalue weighted by molar-refractivity contribution is 5.82. The molecule has 1 saturated carbocycles. The van der Waals surface area contributed by atoms with Crippen molar-refractivity contribution in [1.29, 1.82) is 5.26 Å². The summed E-state index contributed by atoms with van der Waals surface area (Å²) in [6, 6.07) is 9.81.